The Morgan fingerprint density at radius 1 is 1.05 bits per heavy atom. The second-order valence-corrected chi connectivity index (χ2v) is 5.86. The molecule has 0 atom stereocenters. The molecule has 0 aromatic heterocycles. The van der Waals surface area contributed by atoms with E-state index in [1.54, 1.807) is 0 Å². The normalized spacial score (nSPS) is 11.3. The number of unbranched alkanes of at least 4 members (excludes halogenated alkanes) is 2. The number of carbonyl (C=O) groups is 1. The molecule has 0 rings (SSSR count). The molecule has 4 heteroatoms. The molecule has 0 radical (unpaired) electrons. The number of hydrogen-bond acceptors (Lipinski definition) is 3. The predicted molar refractivity (Wildman–Crippen MR) is 86.7 cm³/mol. The zero-order valence-electron chi connectivity index (χ0n) is 14.0. The van der Waals surface area contributed by atoms with Crippen LogP contribution in [0.2, 0.25) is 0 Å². The summed E-state index contributed by atoms with van der Waals surface area (Å²) in [6, 6.07) is 0. The van der Waals surface area contributed by atoms with Crippen molar-refractivity contribution in [3.63, 3.8) is 0 Å². The molecule has 0 aromatic rings. The maximum atomic E-state index is 12.3. The lowest BCUT2D eigenvalue weighted by Gasteiger charge is -2.28. The van der Waals surface area contributed by atoms with Crippen molar-refractivity contribution in [1.82, 2.24) is 9.80 Å². The average molecular weight is 285 g/mol. The van der Waals surface area contributed by atoms with Crippen LogP contribution in [-0.2, 0) is 4.79 Å². The van der Waals surface area contributed by atoms with Gasteiger partial charge in [0.2, 0.25) is 5.91 Å². The van der Waals surface area contributed by atoms with Gasteiger partial charge in [0.25, 0.3) is 0 Å². The fourth-order valence-electron chi connectivity index (χ4n) is 2.32. The van der Waals surface area contributed by atoms with Gasteiger partial charge in [0, 0.05) is 26.1 Å². The van der Waals surface area contributed by atoms with Crippen molar-refractivity contribution < 1.29 is 4.79 Å². The van der Waals surface area contributed by atoms with E-state index < -0.39 is 0 Å². The molecule has 4 nitrogen and oxygen atoms in total. The quantitative estimate of drug-likeness (QED) is 0.560. The first kappa shape index (κ1) is 19.4. The zero-order chi connectivity index (χ0) is 15.4. The highest BCUT2D eigenvalue weighted by Crippen LogP contribution is 2.06. The molecule has 0 spiro atoms. The van der Waals surface area contributed by atoms with Crippen molar-refractivity contribution >= 4 is 5.91 Å². The Bertz CT molecular complexity index is 240. The smallest absolute Gasteiger partial charge is 0.222 e. The number of rotatable bonds is 12. The summed E-state index contributed by atoms with van der Waals surface area (Å²) in [6.07, 6.45) is 3.73. The molecule has 20 heavy (non-hydrogen) atoms. The van der Waals surface area contributed by atoms with Gasteiger partial charge in [-0.1, -0.05) is 34.1 Å². The number of hydrogen-bond donors (Lipinski definition) is 1. The van der Waals surface area contributed by atoms with Crippen LogP contribution in [0.1, 0.15) is 53.4 Å². The third kappa shape index (κ3) is 9.32. The van der Waals surface area contributed by atoms with Gasteiger partial charge in [0.05, 0.1) is 0 Å². The van der Waals surface area contributed by atoms with Gasteiger partial charge in [-0.05, 0) is 38.4 Å². The molecular formula is C16H35N3O. The molecule has 120 valence electrons. The Morgan fingerprint density at radius 3 is 2.20 bits per heavy atom. The molecule has 1 amide bonds. The lowest BCUT2D eigenvalue weighted by molar-refractivity contribution is -0.132. The third-order valence-corrected chi connectivity index (χ3v) is 3.61. The predicted octanol–water partition coefficient (Wildman–Crippen LogP) is 2.33. The molecule has 0 saturated carbocycles. The maximum absolute atomic E-state index is 12.3. The molecule has 0 aliphatic carbocycles. The van der Waals surface area contributed by atoms with E-state index in [2.05, 4.69) is 32.6 Å². The molecule has 0 unspecified atom stereocenters. The zero-order valence-corrected chi connectivity index (χ0v) is 14.0. The van der Waals surface area contributed by atoms with Gasteiger partial charge >= 0.3 is 0 Å². The minimum absolute atomic E-state index is 0.308. The Morgan fingerprint density at radius 2 is 1.70 bits per heavy atom. The van der Waals surface area contributed by atoms with Crippen LogP contribution in [-0.4, -0.2) is 55.0 Å². The van der Waals surface area contributed by atoms with Gasteiger partial charge in [0.15, 0.2) is 0 Å². The topological polar surface area (TPSA) is 49.6 Å². The molecule has 0 aliphatic heterocycles. The Labute approximate surface area is 125 Å². The monoisotopic (exact) mass is 285 g/mol. The fraction of sp³-hybridized carbons (Fsp3) is 0.938. The number of nitrogens with zero attached hydrogens (tertiary/aromatic N) is 2. The summed E-state index contributed by atoms with van der Waals surface area (Å²) in [5, 5.41) is 0. The first-order valence-electron chi connectivity index (χ1n) is 8.25. The molecule has 2 N–H and O–H groups in total. The summed E-state index contributed by atoms with van der Waals surface area (Å²) in [5.41, 5.74) is 5.48. The molecule has 0 saturated heterocycles. The lowest BCUT2D eigenvalue weighted by Crippen LogP contribution is -2.40. The van der Waals surface area contributed by atoms with E-state index in [4.69, 9.17) is 5.73 Å². The summed E-state index contributed by atoms with van der Waals surface area (Å²) >= 11 is 0. The van der Waals surface area contributed by atoms with E-state index in [-0.39, 0.29) is 0 Å². The van der Waals surface area contributed by atoms with Crippen LogP contribution in [0.15, 0.2) is 0 Å². The highest BCUT2D eigenvalue weighted by Gasteiger charge is 2.15. The van der Waals surface area contributed by atoms with Gasteiger partial charge in [-0.25, -0.2) is 0 Å². The van der Waals surface area contributed by atoms with E-state index >= 15 is 0 Å². The minimum Gasteiger partial charge on any atom is -0.341 e. The lowest BCUT2D eigenvalue weighted by atomic mass is 10.1. The van der Waals surface area contributed by atoms with E-state index in [0.29, 0.717) is 18.2 Å². The first-order valence-corrected chi connectivity index (χ1v) is 8.25. The van der Waals surface area contributed by atoms with Crippen LogP contribution in [0.4, 0.5) is 0 Å². The first-order chi connectivity index (χ1) is 9.54. The highest BCUT2D eigenvalue weighted by atomic mass is 16.2. The van der Waals surface area contributed by atoms with Crippen molar-refractivity contribution in [2.75, 3.05) is 39.3 Å². The van der Waals surface area contributed by atoms with Crippen molar-refractivity contribution in [3.8, 4) is 0 Å². The molecule has 0 fully saturated rings. The number of amides is 1. The van der Waals surface area contributed by atoms with Crippen LogP contribution >= 0.6 is 0 Å². The van der Waals surface area contributed by atoms with Crippen molar-refractivity contribution in [1.29, 1.82) is 0 Å². The van der Waals surface area contributed by atoms with Gasteiger partial charge in [-0.15, -0.1) is 0 Å². The van der Waals surface area contributed by atoms with Gasteiger partial charge in [-0.2, -0.15) is 0 Å². The highest BCUT2D eigenvalue weighted by molar-refractivity contribution is 5.76. The van der Waals surface area contributed by atoms with Crippen LogP contribution in [0.3, 0.4) is 0 Å². The van der Waals surface area contributed by atoms with E-state index in [9.17, 15) is 4.79 Å². The Balaban J connectivity index is 4.20. The SMILES string of the molecule is CCN(CC)CCN(CC(C)C)C(=O)CCCCCN. The second-order valence-electron chi connectivity index (χ2n) is 5.86. The van der Waals surface area contributed by atoms with Gasteiger partial charge in [-0.3, -0.25) is 4.79 Å². The average Bonchev–Trinajstić information content (AvgIpc) is 2.42. The van der Waals surface area contributed by atoms with Crippen molar-refractivity contribution in [3.05, 3.63) is 0 Å². The van der Waals surface area contributed by atoms with Gasteiger partial charge < -0.3 is 15.5 Å². The third-order valence-electron chi connectivity index (χ3n) is 3.61. The Kier molecular flexibility index (Phi) is 11.8. The summed E-state index contributed by atoms with van der Waals surface area (Å²) in [4.78, 5) is 16.7. The van der Waals surface area contributed by atoms with Crippen molar-refractivity contribution in [2.24, 2.45) is 11.7 Å². The van der Waals surface area contributed by atoms with E-state index in [1.807, 2.05) is 4.90 Å². The van der Waals surface area contributed by atoms with Gasteiger partial charge in [0.1, 0.15) is 0 Å². The van der Waals surface area contributed by atoms with E-state index in [1.165, 1.54) is 0 Å². The summed E-state index contributed by atoms with van der Waals surface area (Å²) in [7, 11) is 0. The number of nitrogens with two attached hydrogens (primary N) is 1. The summed E-state index contributed by atoms with van der Waals surface area (Å²) in [5.74, 6) is 0.836. The summed E-state index contributed by atoms with van der Waals surface area (Å²) in [6.45, 7) is 14.2. The maximum Gasteiger partial charge on any atom is 0.222 e. The standard InChI is InChI=1S/C16H35N3O/c1-5-18(6-2)12-13-19(14-15(3)4)16(20)10-8-7-9-11-17/h15H,5-14,17H2,1-4H3. The Hall–Kier alpha value is -0.610. The molecule has 0 heterocycles. The van der Waals surface area contributed by atoms with Crippen LogP contribution in [0, 0.1) is 5.92 Å². The number of likely N-dealkylation sites (N-methyl/N-ethyl adjacent to an activating group) is 1. The molecule has 0 aromatic carbocycles. The van der Waals surface area contributed by atoms with Crippen LogP contribution in [0.25, 0.3) is 0 Å². The van der Waals surface area contributed by atoms with Crippen molar-refractivity contribution in [2.45, 2.75) is 53.4 Å². The number of carbonyl (C=O) groups excluding carboxylic acids is 1. The molecule has 0 bridgehead atoms. The van der Waals surface area contributed by atoms with E-state index in [0.717, 1.165) is 58.5 Å². The summed E-state index contributed by atoms with van der Waals surface area (Å²) < 4.78 is 0. The largest absolute Gasteiger partial charge is 0.341 e. The molecular weight excluding hydrogens is 250 g/mol. The fourth-order valence-corrected chi connectivity index (χ4v) is 2.32. The van der Waals surface area contributed by atoms with Crippen LogP contribution in [0.5, 0.6) is 0 Å². The molecule has 0 aliphatic rings. The van der Waals surface area contributed by atoms with Crippen LogP contribution < -0.4 is 5.73 Å². The minimum atomic E-state index is 0.308. The second kappa shape index (κ2) is 12.2.